The van der Waals surface area contributed by atoms with Crippen LogP contribution < -0.4 is 10.6 Å². The number of nitrogens with two attached hydrogens (primary N) is 1. The van der Waals surface area contributed by atoms with E-state index in [0.29, 0.717) is 23.9 Å². The molecule has 0 spiro atoms. The van der Waals surface area contributed by atoms with Crippen molar-refractivity contribution in [2.24, 2.45) is 5.73 Å². The van der Waals surface area contributed by atoms with Crippen LogP contribution >= 0.6 is 12.2 Å². The first-order valence-electron chi connectivity index (χ1n) is 6.24. The van der Waals surface area contributed by atoms with Gasteiger partial charge in [0.15, 0.2) is 0 Å². The first-order valence-corrected chi connectivity index (χ1v) is 6.65. The van der Waals surface area contributed by atoms with E-state index in [4.69, 9.17) is 18.0 Å². The predicted molar refractivity (Wildman–Crippen MR) is 81.3 cm³/mol. The highest BCUT2D eigenvalue weighted by atomic mass is 32.1. The summed E-state index contributed by atoms with van der Waals surface area (Å²) in [5.74, 6) is 0.765. The van der Waals surface area contributed by atoms with Crippen LogP contribution in [-0.2, 0) is 4.79 Å². The third kappa shape index (κ3) is 4.17. The summed E-state index contributed by atoms with van der Waals surface area (Å²) in [4.78, 5) is 20.1. The van der Waals surface area contributed by atoms with Gasteiger partial charge in [-0.2, -0.15) is 0 Å². The predicted octanol–water partition coefficient (Wildman–Crippen LogP) is 1.02. The van der Waals surface area contributed by atoms with E-state index in [9.17, 15) is 4.79 Å². The van der Waals surface area contributed by atoms with Crippen molar-refractivity contribution < 1.29 is 4.79 Å². The molecule has 0 unspecified atom stereocenters. The number of hydrogen-bond donors (Lipinski definition) is 1. The number of nitrogens with zero attached hydrogens (tertiary/aromatic N) is 3. The van der Waals surface area contributed by atoms with Crippen LogP contribution in [0.4, 0.5) is 5.82 Å². The molecular weight excluding hydrogens is 260 g/mol. The van der Waals surface area contributed by atoms with Crippen LogP contribution in [0.25, 0.3) is 0 Å². The van der Waals surface area contributed by atoms with Crippen molar-refractivity contribution in [1.29, 1.82) is 0 Å². The monoisotopic (exact) mass is 280 g/mol. The van der Waals surface area contributed by atoms with Gasteiger partial charge < -0.3 is 15.5 Å². The highest BCUT2D eigenvalue weighted by Gasteiger charge is 2.13. The molecule has 0 radical (unpaired) electrons. The zero-order valence-corrected chi connectivity index (χ0v) is 12.4. The van der Waals surface area contributed by atoms with Crippen molar-refractivity contribution in [3.8, 4) is 0 Å². The second kappa shape index (κ2) is 7.04. The Morgan fingerprint density at radius 3 is 2.58 bits per heavy atom. The maximum atomic E-state index is 12.0. The Bertz CT molecular complexity index is 460. The Hall–Kier alpha value is -1.69. The summed E-state index contributed by atoms with van der Waals surface area (Å²) in [7, 11) is 1.83. The van der Waals surface area contributed by atoms with E-state index in [2.05, 4.69) is 4.98 Å². The minimum atomic E-state index is 0.0787. The number of amides is 1. The fraction of sp³-hybridized carbons (Fsp3) is 0.462. The molecule has 0 aliphatic rings. The quantitative estimate of drug-likeness (QED) is 0.788. The fourth-order valence-electron chi connectivity index (χ4n) is 1.74. The first-order chi connectivity index (χ1) is 8.99. The van der Waals surface area contributed by atoms with Gasteiger partial charge in [0, 0.05) is 31.9 Å². The van der Waals surface area contributed by atoms with Crippen LogP contribution in [0, 0.1) is 0 Å². The number of pyridine rings is 1. The molecule has 0 saturated carbocycles. The van der Waals surface area contributed by atoms with E-state index in [1.165, 1.54) is 0 Å². The van der Waals surface area contributed by atoms with E-state index in [-0.39, 0.29) is 12.5 Å². The smallest absolute Gasteiger partial charge is 0.242 e. The highest BCUT2D eigenvalue weighted by molar-refractivity contribution is 7.80. The Labute approximate surface area is 119 Å². The lowest BCUT2D eigenvalue weighted by Gasteiger charge is -2.23. The Morgan fingerprint density at radius 2 is 2.05 bits per heavy atom. The molecule has 6 heteroatoms. The van der Waals surface area contributed by atoms with E-state index in [0.717, 1.165) is 5.56 Å². The van der Waals surface area contributed by atoms with Crippen LogP contribution in [0.15, 0.2) is 18.3 Å². The summed E-state index contributed by atoms with van der Waals surface area (Å²) in [5, 5.41) is 0. The largest absolute Gasteiger partial charge is 0.389 e. The minimum Gasteiger partial charge on any atom is -0.389 e. The molecule has 0 saturated heterocycles. The molecule has 104 valence electrons. The molecule has 1 amide bonds. The number of carbonyl (C=O) groups is 1. The molecule has 0 aliphatic heterocycles. The number of aromatic nitrogens is 1. The van der Waals surface area contributed by atoms with E-state index in [1.807, 2.05) is 20.9 Å². The average Bonchev–Trinajstić information content (AvgIpc) is 2.40. The number of anilines is 1. The normalized spacial score (nSPS) is 10.1. The maximum absolute atomic E-state index is 12.0. The van der Waals surface area contributed by atoms with Crippen molar-refractivity contribution in [3.05, 3.63) is 23.9 Å². The molecule has 5 nitrogen and oxygen atoms in total. The van der Waals surface area contributed by atoms with Gasteiger partial charge in [-0.3, -0.25) is 4.79 Å². The van der Waals surface area contributed by atoms with Gasteiger partial charge in [-0.15, -0.1) is 0 Å². The summed E-state index contributed by atoms with van der Waals surface area (Å²) in [6, 6.07) is 3.55. The number of hydrogen-bond acceptors (Lipinski definition) is 4. The van der Waals surface area contributed by atoms with Gasteiger partial charge in [-0.05, 0) is 26.0 Å². The number of likely N-dealkylation sites (N-methyl/N-ethyl adjacent to an activating group) is 2. The second-order valence-electron chi connectivity index (χ2n) is 4.19. The van der Waals surface area contributed by atoms with Crippen LogP contribution in [0.1, 0.15) is 19.4 Å². The number of thiocarbonyl (C=S) groups is 1. The molecular formula is C13H20N4OS. The van der Waals surface area contributed by atoms with Crippen molar-refractivity contribution >= 4 is 28.9 Å². The molecule has 2 N–H and O–H groups in total. The Morgan fingerprint density at radius 1 is 1.42 bits per heavy atom. The van der Waals surface area contributed by atoms with Gasteiger partial charge in [-0.1, -0.05) is 12.2 Å². The molecule has 1 aromatic rings. The molecule has 1 heterocycles. The van der Waals surface area contributed by atoms with Gasteiger partial charge in [-0.25, -0.2) is 4.98 Å². The van der Waals surface area contributed by atoms with Crippen LogP contribution in [-0.4, -0.2) is 47.5 Å². The van der Waals surface area contributed by atoms with Crippen molar-refractivity contribution in [2.75, 3.05) is 31.6 Å². The lowest BCUT2D eigenvalue weighted by Crippen LogP contribution is -2.39. The summed E-state index contributed by atoms with van der Waals surface area (Å²) < 4.78 is 0. The summed E-state index contributed by atoms with van der Waals surface area (Å²) in [5.41, 5.74) is 6.34. The topological polar surface area (TPSA) is 62.5 Å². The molecule has 1 rings (SSSR count). The van der Waals surface area contributed by atoms with Gasteiger partial charge in [0.2, 0.25) is 5.91 Å². The summed E-state index contributed by atoms with van der Waals surface area (Å²) >= 11 is 4.93. The molecule has 0 aromatic carbocycles. The molecule has 0 fully saturated rings. The van der Waals surface area contributed by atoms with E-state index < -0.39 is 0 Å². The molecule has 0 aliphatic carbocycles. The third-order valence-electron chi connectivity index (χ3n) is 2.91. The van der Waals surface area contributed by atoms with Gasteiger partial charge >= 0.3 is 0 Å². The van der Waals surface area contributed by atoms with Crippen LogP contribution in [0.5, 0.6) is 0 Å². The number of rotatable bonds is 6. The molecule has 0 atom stereocenters. The van der Waals surface area contributed by atoms with Crippen LogP contribution in [0.2, 0.25) is 0 Å². The van der Waals surface area contributed by atoms with E-state index >= 15 is 0 Å². The lowest BCUT2D eigenvalue weighted by atomic mass is 10.2. The summed E-state index contributed by atoms with van der Waals surface area (Å²) in [6.45, 7) is 5.64. The van der Waals surface area contributed by atoms with Crippen molar-refractivity contribution in [3.63, 3.8) is 0 Å². The first kappa shape index (κ1) is 15.4. The minimum absolute atomic E-state index is 0.0787. The van der Waals surface area contributed by atoms with Gasteiger partial charge in [0.05, 0.1) is 6.54 Å². The SMILES string of the molecule is CCN(CC)C(=O)CN(C)c1cc(C(N)=S)ccn1. The Kier molecular flexibility index (Phi) is 5.69. The Balaban J connectivity index is 2.78. The second-order valence-corrected chi connectivity index (χ2v) is 4.63. The van der Waals surface area contributed by atoms with Crippen molar-refractivity contribution in [2.45, 2.75) is 13.8 Å². The third-order valence-corrected chi connectivity index (χ3v) is 3.15. The molecule has 1 aromatic heterocycles. The van der Waals surface area contributed by atoms with Gasteiger partial charge in [0.25, 0.3) is 0 Å². The average molecular weight is 280 g/mol. The highest BCUT2D eigenvalue weighted by Crippen LogP contribution is 2.11. The fourth-order valence-corrected chi connectivity index (χ4v) is 1.87. The van der Waals surface area contributed by atoms with Gasteiger partial charge in [0.1, 0.15) is 10.8 Å². The van der Waals surface area contributed by atoms with E-state index in [1.54, 1.807) is 28.1 Å². The maximum Gasteiger partial charge on any atom is 0.242 e. The summed E-state index contributed by atoms with van der Waals surface area (Å²) in [6.07, 6.45) is 1.64. The zero-order valence-electron chi connectivity index (χ0n) is 11.6. The standard InChI is InChI=1S/C13H20N4OS/c1-4-17(5-2)12(18)9-16(3)11-8-10(13(14)19)6-7-15-11/h6-8H,4-5,9H2,1-3H3,(H2,14,19). The lowest BCUT2D eigenvalue weighted by molar-refractivity contribution is -0.129. The van der Waals surface area contributed by atoms with Crippen molar-refractivity contribution in [1.82, 2.24) is 9.88 Å². The number of carbonyl (C=O) groups excluding carboxylic acids is 1. The van der Waals surface area contributed by atoms with Crippen LogP contribution in [0.3, 0.4) is 0 Å². The molecule has 19 heavy (non-hydrogen) atoms. The zero-order chi connectivity index (χ0) is 14.4. The molecule has 0 bridgehead atoms.